The van der Waals surface area contributed by atoms with Crippen molar-refractivity contribution < 1.29 is 9.47 Å². The Bertz CT molecular complexity index is 955. The summed E-state index contributed by atoms with van der Waals surface area (Å²) in [4.78, 5) is 16.2. The molecular formula is C19H24N6O2. The Balaban J connectivity index is 1.69. The van der Waals surface area contributed by atoms with Gasteiger partial charge in [0.15, 0.2) is 5.82 Å². The predicted octanol–water partition coefficient (Wildman–Crippen LogP) is 1.98. The highest BCUT2D eigenvalue weighted by molar-refractivity contribution is 5.72. The second-order valence-electron chi connectivity index (χ2n) is 6.68. The van der Waals surface area contributed by atoms with Crippen LogP contribution in [0.5, 0.6) is 5.88 Å². The Morgan fingerprint density at radius 2 is 2.07 bits per heavy atom. The second kappa shape index (κ2) is 7.48. The van der Waals surface area contributed by atoms with Crippen molar-refractivity contribution in [2.45, 2.75) is 32.7 Å². The largest absolute Gasteiger partial charge is 0.481 e. The number of anilines is 1. The maximum Gasteiger partial charge on any atom is 0.213 e. The molecule has 0 spiro atoms. The van der Waals surface area contributed by atoms with Crippen LogP contribution in [-0.4, -0.2) is 51.9 Å². The average molecular weight is 368 g/mol. The number of pyridine rings is 1. The number of aryl methyl sites for hydroxylation is 2. The minimum Gasteiger partial charge on any atom is -0.481 e. The number of fused-ring (bicyclic) bond motifs is 2. The fourth-order valence-electron chi connectivity index (χ4n) is 3.62. The van der Waals surface area contributed by atoms with Gasteiger partial charge in [0.1, 0.15) is 17.7 Å². The quantitative estimate of drug-likeness (QED) is 0.616. The molecule has 3 aromatic heterocycles. The Morgan fingerprint density at radius 1 is 1.19 bits per heavy atom. The summed E-state index contributed by atoms with van der Waals surface area (Å²) >= 11 is 0. The summed E-state index contributed by atoms with van der Waals surface area (Å²) in [6.45, 7) is 4.30. The molecular weight excluding hydrogens is 344 g/mol. The molecule has 1 aliphatic heterocycles. The van der Waals surface area contributed by atoms with E-state index >= 15 is 0 Å². The van der Waals surface area contributed by atoms with Gasteiger partial charge in [-0.25, -0.2) is 19.5 Å². The van der Waals surface area contributed by atoms with E-state index in [-0.39, 0.29) is 0 Å². The predicted molar refractivity (Wildman–Crippen MR) is 101 cm³/mol. The average Bonchev–Trinajstić information content (AvgIpc) is 3.03. The monoisotopic (exact) mass is 368 g/mol. The molecule has 0 radical (unpaired) electrons. The lowest BCUT2D eigenvalue weighted by Crippen LogP contribution is -2.32. The van der Waals surface area contributed by atoms with Crippen molar-refractivity contribution in [2.75, 3.05) is 32.3 Å². The van der Waals surface area contributed by atoms with Crippen molar-refractivity contribution in [3.05, 3.63) is 41.2 Å². The molecule has 0 saturated carbocycles. The lowest BCUT2D eigenvalue weighted by atomic mass is 10.1. The van der Waals surface area contributed by atoms with Crippen molar-refractivity contribution in [1.82, 2.24) is 24.6 Å². The molecule has 4 heterocycles. The van der Waals surface area contributed by atoms with Gasteiger partial charge in [0, 0.05) is 39.3 Å². The molecule has 1 aliphatic rings. The van der Waals surface area contributed by atoms with Crippen molar-refractivity contribution in [3.63, 3.8) is 0 Å². The first kappa shape index (κ1) is 17.7. The van der Waals surface area contributed by atoms with Crippen molar-refractivity contribution in [1.29, 1.82) is 0 Å². The summed E-state index contributed by atoms with van der Waals surface area (Å²) in [5.74, 6) is 2.47. The molecule has 0 atom stereocenters. The normalized spacial score (nSPS) is 13.8. The molecule has 27 heavy (non-hydrogen) atoms. The summed E-state index contributed by atoms with van der Waals surface area (Å²) in [5, 5.41) is 4.41. The van der Waals surface area contributed by atoms with Crippen molar-refractivity contribution in [3.8, 4) is 5.88 Å². The highest BCUT2D eigenvalue weighted by Gasteiger charge is 2.23. The molecule has 0 fully saturated rings. The van der Waals surface area contributed by atoms with Crippen LogP contribution in [0.2, 0.25) is 0 Å². The molecule has 0 aliphatic carbocycles. The fraction of sp³-hybridized carbons (Fsp3) is 0.474. The van der Waals surface area contributed by atoms with Gasteiger partial charge in [0.25, 0.3) is 0 Å². The van der Waals surface area contributed by atoms with Crippen LogP contribution < -0.4 is 9.64 Å². The summed E-state index contributed by atoms with van der Waals surface area (Å²) in [6.07, 6.45) is 4.23. The molecule has 3 aromatic rings. The maximum absolute atomic E-state index is 5.25. The maximum atomic E-state index is 5.25. The van der Waals surface area contributed by atoms with Gasteiger partial charge in [0.05, 0.1) is 18.5 Å². The topological polar surface area (TPSA) is 77.7 Å². The summed E-state index contributed by atoms with van der Waals surface area (Å²) in [6, 6.07) is 4.00. The number of imidazole rings is 1. The Morgan fingerprint density at radius 3 is 2.89 bits per heavy atom. The zero-order valence-corrected chi connectivity index (χ0v) is 16.0. The minimum atomic E-state index is 0.665. The molecule has 8 heteroatoms. The van der Waals surface area contributed by atoms with Crippen LogP contribution in [0.4, 0.5) is 5.82 Å². The molecule has 0 N–H and O–H groups in total. The van der Waals surface area contributed by atoms with E-state index in [1.54, 1.807) is 20.5 Å². The SMILES string of the molecule is COCCCc1nc(C)n2ncnc(N3CCc4nc(OC)ccc4C3)c12. The van der Waals surface area contributed by atoms with Gasteiger partial charge in [-0.15, -0.1) is 0 Å². The number of hydrogen-bond acceptors (Lipinski definition) is 7. The second-order valence-corrected chi connectivity index (χ2v) is 6.68. The Kier molecular flexibility index (Phi) is 4.89. The van der Waals surface area contributed by atoms with E-state index in [9.17, 15) is 0 Å². The smallest absolute Gasteiger partial charge is 0.213 e. The molecule has 8 nitrogen and oxygen atoms in total. The molecule has 142 valence electrons. The highest BCUT2D eigenvalue weighted by Crippen LogP contribution is 2.28. The number of aromatic nitrogens is 5. The van der Waals surface area contributed by atoms with Crippen LogP contribution in [0.1, 0.15) is 29.2 Å². The molecule has 0 unspecified atom stereocenters. The van der Waals surface area contributed by atoms with Crippen molar-refractivity contribution in [2.24, 2.45) is 0 Å². The van der Waals surface area contributed by atoms with Crippen LogP contribution >= 0.6 is 0 Å². The van der Waals surface area contributed by atoms with Crippen molar-refractivity contribution >= 4 is 11.3 Å². The third-order valence-corrected chi connectivity index (χ3v) is 4.94. The van der Waals surface area contributed by atoms with Gasteiger partial charge in [-0.3, -0.25) is 0 Å². The minimum absolute atomic E-state index is 0.665. The molecule has 0 aromatic carbocycles. The zero-order valence-electron chi connectivity index (χ0n) is 16.0. The van der Waals surface area contributed by atoms with Crippen LogP contribution in [0.3, 0.4) is 0 Å². The van der Waals surface area contributed by atoms with Crippen LogP contribution in [0.15, 0.2) is 18.5 Å². The third kappa shape index (κ3) is 3.32. The standard InChI is InChI=1S/C19H24N6O2/c1-13-22-16(5-4-10-26-2)18-19(20-12-21-25(13)18)24-9-8-15-14(11-24)6-7-17(23-15)27-3/h6-7,12H,4-5,8-11H2,1-3H3. The number of nitrogens with zero attached hydrogens (tertiary/aromatic N) is 6. The fourth-order valence-corrected chi connectivity index (χ4v) is 3.62. The van der Waals surface area contributed by atoms with E-state index in [0.717, 1.165) is 60.9 Å². The number of methoxy groups -OCH3 is 2. The van der Waals surface area contributed by atoms with E-state index in [4.69, 9.17) is 14.5 Å². The molecule has 0 amide bonds. The lowest BCUT2D eigenvalue weighted by Gasteiger charge is -2.29. The van der Waals surface area contributed by atoms with Gasteiger partial charge in [0.2, 0.25) is 5.88 Å². The highest BCUT2D eigenvalue weighted by atomic mass is 16.5. The summed E-state index contributed by atoms with van der Waals surface area (Å²) in [7, 11) is 3.37. The zero-order chi connectivity index (χ0) is 18.8. The first-order chi connectivity index (χ1) is 13.2. The van der Waals surface area contributed by atoms with Crippen LogP contribution in [-0.2, 0) is 24.1 Å². The van der Waals surface area contributed by atoms with Gasteiger partial charge >= 0.3 is 0 Å². The van der Waals surface area contributed by atoms with Gasteiger partial charge in [-0.05, 0) is 25.3 Å². The molecule has 0 bridgehead atoms. The van der Waals surface area contributed by atoms with E-state index in [2.05, 4.69) is 26.0 Å². The lowest BCUT2D eigenvalue weighted by molar-refractivity contribution is 0.195. The summed E-state index contributed by atoms with van der Waals surface area (Å²) < 4.78 is 12.3. The molecule has 0 saturated heterocycles. The van der Waals surface area contributed by atoms with Gasteiger partial charge in [-0.2, -0.15) is 5.10 Å². The van der Waals surface area contributed by atoms with Crippen LogP contribution in [0, 0.1) is 6.92 Å². The number of hydrogen-bond donors (Lipinski definition) is 0. The third-order valence-electron chi connectivity index (χ3n) is 4.94. The Labute approximate surface area is 158 Å². The summed E-state index contributed by atoms with van der Waals surface area (Å²) in [5.41, 5.74) is 4.33. The first-order valence-electron chi connectivity index (χ1n) is 9.17. The number of ether oxygens (including phenoxy) is 2. The van der Waals surface area contributed by atoms with E-state index in [1.807, 2.05) is 17.5 Å². The first-order valence-corrected chi connectivity index (χ1v) is 9.17. The van der Waals surface area contributed by atoms with Crippen LogP contribution in [0.25, 0.3) is 5.52 Å². The van der Waals surface area contributed by atoms with Gasteiger partial charge < -0.3 is 14.4 Å². The number of rotatable bonds is 6. The van der Waals surface area contributed by atoms with E-state index in [1.165, 1.54) is 5.56 Å². The van der Waals surface area contributed by atoms with E-state index < -0.39 is 0 Å². The van der Waals surface area contributed by atoms with Gasteiger partial charge in [-0.1, -0.05) is 6.07 Å². The Hall–Kier alpha value is -2.74. The molecule has 4 rings (SSSR count). The van der Waals surface area contributed by atoms with E-state index in [0.29, 0.717) is 12.5 Å².